The Kier molecular flexibility index (Phi) is 5.66. The molecular weight excluding hydrogens is 270 g/mol. The Bertz CT molecular complexity index is 309. The largest absolute Gasteiger partial charge is 0.450 e. The maximum absolute atomic E-state index is 11.8. The fraction of sp³-hybridized carbons (Fsp3) is 0.833. The van der Waals surface area contributed by atoms with E-state index < -0.39 is 8.07 Å². The molecular formula is C12H22ClNO3Si. The number of hydrogen-bond acceptors (Lipinski definition) is 3. The van der Waals surface area contributed by atoms with Crippen LogP contribution in [0.2, 0.25) is 25.7 Å². The number of carbonyl (C=O) groups is 2. The Labute approximate surface area is 115 Å². The third kappa shape index (κ3) is 5.39. The maximum Gasteiger partial charge on any atom is 0.409 e. The second-order valence-electron chi connectivity index (χ2n) is 5.99. The lowest BCUT2D eigenvalue weighted by molar-refractivity contribution is -0.116. The van der Waals surface area contributed by atoms with Crippen molar-refractivity contribution < 1.29 is 14.3 Å². The molecule has 0 saturated carbocycles. The summed E-state index contributed by atoms with van der Waals surface area (Å²) in [4.78, 5) is 24.4. The van der Waals surface area contributed by atoms with Crippen molar-refractivity contribution in [1.29, 1.82) is 0 Å². The van der Waals surface area contributed by atoms with E-state index in [1.807, 2.05) is 0 Å². The van der Waals surface area contributed by atoms with Gasteiger partial charge >= 0.3 is 6.09 Å². The molecule has 18 heavy (non-hydrogen) atoms. The Hall–Kier alpha value is -0.553. The zero-order valence-corrected chi connectivity index (χ0v) is 13.1. The van der Waals surface area contributed by atoms with Crippen LogP contribution >= 0.6 is 11.6 Å². The van der Waals surface area contributed by atoms with Gasteiger partial charge in [0.15, 0.2) is 0 Å². The molecule has 1 amide bonds. The number of piperidine rings is 1. The van der Waals surface area contributed by atoms with Crippen LogP contribution in [0.5, 0.6) is 0 Å². The maximum atomic E-state index is 11.8. The molecule has 0 spiro atoms. The number of ether oxygens (including phenoxy) is 1. The van der Waals surface area contributed by atoms with Crippen LogP contribution in [0.3, 0.4) is 0 Å². The van der Waals surface area contributed by atoms with Gasteiger partial charge in [-0.1, -0.05) is 19.6 Å². The minimum Gasteiger partial charge on any atom is -0.450 e. The van der Waals surface area contributed by atoms with Gasteiger partial charge in [0.2, 0.25) is 5.24 Å². The number of rotatable bonds is 4. The van der Waals surface area contributed by atoms with E-state index in [1.54, 1.807) is 4.90 Å². The summed E-state index contributed by atoms with van der Waals surface area (Å²) in [6.07, 6.45) is 1.03. The van der Waals surface area contributed by atoms with Crippen molar-refractivity contribution >= 4 is 31.0 Å². The van der Waals surface area contributed by atoms with Crippen molar-refractivity contribution in [2.75, 3.05) is 19.7 Å². The van der Waals surface area contributed by atoms with Crippen LogP contribution in [0.25, 0.3) is 0 Å². The van der Waals surface area contributed by atoms with E-state index in [1.165, 1.54) is 0 Å². The summed E-state index contributed by atoms with van der Waals surface area (Å²) >= 11 is 5.45. The van der Waals surface area contributed by atoms with Crippen molar-refractivity contribution in [1.82, 2.24) is 4.90 Å². The van der Waals surface area contributed by atoms with Gasteiger partial charge in [0.25, 0.3) is 0 Å². The van der Waals surface area contributed by atoms with E-state index >= 15 is 0 Å². The van der Waals surface area contributed by atoms with Gasteiger partial charge in [-0.05, 0) is 30.5 Å². The molecule has 1 rings (SSSR count). The van der Waals surface area contributed by atoms with E-state index in [2.05, 4.69) is 19.6 Å². The van der Waals surface area contributed by atoms with Crippen molar-refractivity contribution in [3.05, 3.63) is 0 Å². The predicted octanol–water partition coefficient (Wildman–Crippen LogP) is 2.94. The van der Waals surface area contributed by atoms with E-state index in [9.17, 15) is 9.59 Å². The highest BCUT2D eigenvalue weighted by Gasteiger charge is 2.27. The highest BCUT2D eigenvalue weighted by Crippen LogP contribution is 2.20. The van der Waals surface area contributed by atoms with Gasteiger partial charge in [-0.2, -0.15) is 0 Å². The number of amides is 1. The number of carbonyl (C=O) groups excluding carboxylic acids is 2. The molecule has 1 saturated heterocycles. The molecule has 6 heteroatoms. The zero-order chi connectivity index (χ0) is 13.8. The number of halogens is 1. The highest BCUT2D eigenvalue weighted by molar-refractivity contribution is 6.76. The standard InChI is InChI=1S/C12H22ClNO3Si/c1-18(2,3)9-8-17-12(16)14-6-4-10(5-7-14)11(13)15/h10H,4-9H2,1-3H3. The van der Waals surface area contributed by atoms with Crippen molar-refractivity contribution in [2.45, 2.75) is 38.5 Å². The second kappa shape index (κ2) is 6.57. The first kappa shape index (κ1) is 15.5. The number of nitrogens with zero attached hydrogens (tertiary/aromatic N) is 1. The van der Waals surface area contributed by atoms with Gasteiger partial charge in [-0.25, -0.2) is 4.79 Å². The second-order valence-corrected chi connectivity index (χ2v) is 12.0. The molecule has 1 aliphatic rings. The molecule has 0 unspecified atom stereocenters. The third-order valence-corrected chi connectivity index (χ3v) is 5.16. The van der Waals surface area contributed by atoms with E-state index in [-0.39, 0.29) is 17.3 Å². The van der Waals surface area contributed by atoms with E-state index in [0.717, 1.165) is 6.04 Å². The third-order valence-electron chi connectivity index (χ3n) is 3.15. The highest BCUT2D eigenvalue weighted by atomic mass is 35.5. The molecule has 0 aromatic carbocycles. The van der Waals surface area contributed by atoms with Crippen LogP contribution in [-0.4, -0.2) is 44.0 Å². The van der Waals surface area contributed by atoms with Crippen LogP contribution in [0.1, 0.15) is 12.8 Å². The van der Waals surface area contributed by atoms with Gasteiger partial charge in [0.05, 0.1) is 6.61 Å². The lowest BCUT2D eigenvalue weighted by Gasteiger charge is -2.29. The Morgan fingerprint density at radius 3 is 2.28 bits per heavy atom. The SMILES string of the molecule is C[Si](C)(C)CCOC(=O)N1CCC(C(=O)Cl)CC1. The first-order valence-electron chi connectivity index (χ1n) is 6.40. The molecule has 0 aromatic heterocycles. The quantitative estimate of drug-likeness (QED) is 0.591. The molecule has 0 N–H and O–H groups in total. The Morgan fingerprint density at radius 1 is 1.28 bits per heavy atom. The zero-order valence-electron chi connectivity index (χ0n) is 11.4. The van der Waals surface area contributed by atoms with Crippen LogP contribution in [0, 0.1) is 5.92 Å². The van der Waals surface area contributed by atoms with E-state index in [4.69, 9.17) is 16.3 Å². The predicted molar refractivity (Wildman–Crippen MR) is 74.7 cm³/mol. The number of likely N-dealkylation sites (tertiary alicyclic amines) is 1. The fourth-order valence-electron chi connectivity index (χ4n) is 1.82. The number of hydrogen-bond donors (Lipinski definition) is 0. The first-order chi connectivity index (χ1) is 8.29. The minimum atomic E-state index is -1.16. The monoisotopic (exact) mass is 291 g/mol. The van der Waals surface area contributed by atoms with Crippen LogP contribution in [-0.2, 0) is 9.53 Å². The van der Waals surface area contributed by atoms with Crippen molar-refractivity contribution in [3.8, 4) is 0 Å². The van der Waals surface area contributed by atoms with Gasteiger partial charge in [-0.3, -0.25) is 4.79 Å². The molecule has 0 atom stereocenters. The Morgan fingerprint density at radius 2 is 1.83 bits per heavy atom. The molecule has 1 aliphatic heterocycles. The summed E-state index contributed by atoms with van der Waals surface area (Å²) in [5.41, 5.74) is 0. The summed E-state index contributed by atoms with van der Waals surface area (Å²) in [6, 6.07) is 0.982. The Balaban J connectivity index is 2.26. The van der Waals surface area contributed by atoms with Crippen molar-refractivity contribution in [2.24, 2.45) is 5.92 Å². The summed E-state index contributed by atoms with van der Waals surface area (Å²) in [7, 11) is -1.16. The summed E-state index contributed by atoms with van der Waals surface area (Å²) < 4.78 is 5.26. The first-order valence-corrected chi connectivity index (χ1v) is 10.5. The molecule has 4 nitrogen and oxygen atoms in total. The average molecular weight is 292 g/mol. The molecule has 0 aromatic rings. The summed E-state index contributed by atoms with van der Waals surface area (Å²) in [6.45, 7) is 8.38. The van der Waals surface area contributed by atoms with Gasteiger partial charge in [-0.15, -0.1) is 0 Å². The van der Waals surface area contributed by atoms with Crippen LogP contribution in [0.15, 0.2) is 0 Å². The van der Waals surface area contributed by atoms with Crippen LogP contribution in [0.4, 0.5) is 4.79 Å². The molecule has 0 aliphatic carbocycles. The normalized spacial score (nSPS) is 17.7. The average Bonchev–Trinajstić information content (AvgIpc) is 2.27. The van der Waals surface area contributed by atoms with E-state index in [0.29, 0.717) is 32.5 Å². The van der Waals surface area contributed by atoms with Crippen LogP contribution < -0.4 is 0 Å². The molecule has 104 valence electrons. The fourth-order valence-corrected chi connectivity index (χ4v) is 2.76. The smallest absolute Gasteiger partial charge is 0.409 e. The minimum absolute atomic E-state index is 0.0994. The lowest BCUT2D eigenvalue weighted by Crippen LogP contribution is -2.40. The summed E-state index contributed by atoms with van der Waals surface area (Å²) in [5.74, 6) is -0.0994. The van der Waals surface area contributed by atoms with Gasteiger partial charge in [0, 0.05) is 27.1 Å². The molecule has 0 radical (unpaired) electrons. The van der Waals surface area contributed by atoms with Gasteiger partial charge in [0.1, 0.15) is 0 Å². The topological polar surface area (TPSA) is 46.6 Å². The van der Waals surface area contributed by atoms with Gasteiger partial charge < -0.3 is 9.64 Å². The molecule has 0 bridgehead atoms. The molecule has 1 heterocycles. The molecule has 1 fully saturated rings. The summed E-state index contributed by atoms with van der Waals surface area (Å²) in [5, 5.41) is -0.290. The van der Waals surface area contributed by atoms with Crippen molar-refractivity contribution in [3.63, 3.8) is 0 Å². The lowest BCUT2D eigenvalue weighted by atomic mass is 9.99.